The zero-order valence-electron chi connectivity index (χ0n) is 11.0. The molecule has 1 saturated carbocycles. The molecule has 0 heterocycles. The lowest BCUT2D eigenvalue weighted by Gasteiger charge is -2.22. The summed E-state index contributed by atoms with van der Waals surface area (Å²) < 4.78 is 5.78. The number of hydrogen-bond acceptors (Lipinski definition) is 1. The summed E-state index contributed by atoms with van der Waals surface area (Å²) in [5, 5.41) is 0. The largest absolute Gasteiger partial charge is 0.494 e. The lowest BCUT2D eigenvalue weighted by atomic mass is 9.84. The Kier molecular flexibility index (Phi) is 4.90. The topological polar surface area (TPSA) is 9.23 Å². The third-order valence-electron chi connectivity index (χ3n) is 3.70. The minimum atomic E-state index is 0.776. The maximum absolute atomic E-state index is 5.78. The Balaban J connectivity index is 1.95. The summed E-state index contributed by atoms with van der Waals surface area (Å²) in [6, 6.07) is 8.75. The maximum atomic E-state index is 5.78. The van der Waals surface area contributed by atoms with Crippen LogP contribution in [0.4, 0.5) is 0 Å². The second-order valence-corrected chi connectivity index (χ2v) is 5.11. The lowest BCUT2D eigenvalue weighted by Crippen LogP contribution is -2.05. The van der Waals surface area contributed by atoms with Crippen molar-refractivity contribution in [3.05, 3.63) is 29.8 Å². The zero-order valence-corrected chi connectivity index (χ0v) is 11.0. The van der Waals surface area contributed by atoms with Gasteiger partial charge in [-0.3, -0.25) is 0 Å². The maximum Gasteiger partial charge on any atom is 0.119 e. The molecule has 1 fully saturated rings. The van der Waals surface area contributed by atoms with E-state index in [1.165, 1.54) is 44.1 Å². The van der Waals surface area contributed by atoms with Gasteiger partial charge in [0.2, 0.25) is 0 Å². The van der Waals surface area contributed by atoms with E-state index >= 15 is 0 Å². The van der Waals surface area contributed by atoms with Crippen molar-refractivity contribution in [2.24, 2.45) is 0 Å². The first-order valence-electron chi connectivity index (χ1n) is 7.13. The molecule has 0 bridgehead atoms. The molecule has 0 atom stereocenters. The highest BCUT2D eigenvalue weighted by molar-refractivity contribution is 5.31. The molecule has 0 aromatic heterocycles. The molecule has 2 rings (SSSR count). The molecule has 1 aliphatic carbocycles. The van der Waals surface area contributed by atoms with Crippen LogP contribution in [0.2, 0.25) is 0 Å². The van der Waals surface area contributed by atoms with E-state index in [9.17, 15) is 0 Å². The van der Waals surface area contributed by atoms with Crippen molar-refractivity contribution in [1.82, 2.24) is 0 Å². The highest BCUT2D eigenvalue weighted by Crippen LogP contribution is 2.33. The fraction of sp³-hybridized carbons (Fsp3) is 0.625. The molecule has 0 saturated heterocycles. The van der Waals surface area contributed by atoms with Gasteiger partial charge in [-0.2, -0.15) is 0 Å². The third kappa shape index (κ3) is 3.76. The van der Waals surface area contributed by atoms with Crippen LogP contribution in [0, 0.1) is 0 Å². The predicted octanol–water partition coefficient (Wildman–Crippen LogP) is 4.91. The van der Waals surface area contributed by atoms with Crippen LogP contribution in [-0.2, 0) is 0 Å². The van der Waals surface area contributed by atoms with Crippen LogP contribution in [0.1, 0.15) is 63.4 Å². The summed E-state index contributed by atoms with van der Waals surface area (Å²) in [6.45, 7) is 3.05. The second-order valence-electron chi connectivity index (χ2n) is 5.11. The molecule has 1 aromatic rings. The number of rotatable bonds is 5. The van der Waals surface area contributed by atoms with Gasteiger partial charge in [-0.1, -0.05) is 44.7 Å². The monoisotopic (exact) mass is 232 g/mol. The van der Waals surface area contributed by atoms with E-state index in [0.717, 1.165) is 24.7 Å². The summed E-state index contributed by atoms with van der Waals surface area (Å²) in [6.07, 6.45) is 9.27. The van der Waals surface area contributed by atoms with Crippen molar-refractivity contribution in [2.45, 2.75) is 57.8 Å². The first-order chi connectivity index (χ1) is 8.40. The molecule has 94 valence electrons. The molecular formula is C16H24O. The summed E-state index contributed by atoms with van der Waals surface area (Å²) in [5.74, 6) is 1.83. The summed E-state index contributed by atoms with van der Waals surface area (Å²) in [7, 11) is 0. The van der Waals surface area contributed by atoms with Gasteiger partial charge in [0.15, 0.2) is 0 Å². The molecule has 1 nitrogen and oxygen atoms in total. The van der Waals surface area contributed by atoms with E-state index in [0.29, 0.717) is 0 Å². The predicted molar refractivity (Wildman–Crippen MR) is 72.7 cm³/mol. The van der Waals surface area contributed by atoms with Crippen molar-refractivity contribution in [3.63, 3.8) is 0 Å². The Labute approximate surface area is 105 Å². The van der Waals surface area contributed by atoms with Gasteiger partial charge in [0.1, 0.15) is 5.75 Å². The van der Waals surface area contributed by atoms with E-state index in [1.807, 2.05) is 0 Å². The second kappa shape index (κ2) is 6.68. The molecule has 0 N–H and O–H groups in total. The molecule has 1 aliphatic rings. The lowest BCUT2D eigenvalue weighted by molar-refractivity contribution is 0.308. The van der Waals surface area contributed by atoms with E-state index in [2.05, 4.69) is 31.2 Å². The van der Waals surface area contributed by atoms with Crippen molar-refractivity contribution in [1.29, 1.82) is 0 Å². The fourth-order valence-corrected chi connectivity index (χ4v) is 2.63. The van der Waals surface area contributed by atoms with Crippen LogP contribution in [0.25, 0.3) is 0 Å². The first kappa shape index (κ1) is 12.5. The molecular weight excluding hydrogens is 208 g/mol. The van der Waals surface area contributed by atoms with Crippen LogP contribution in [0.5, 0.6) is 5.75 Å². The average molecular weight is 232 g/mol. The Morgan fingerprint density at radius 1 is 1.18 bits per heavy atom. The molecule has 1 heteroatoms. The van der Waals surface area contributed by atoms with E-state index in [-0.39, 0.29) is 0 Å². The number of unbranched alkanes of at least 4 members (excludes halogenated alkanes) is 1. The number of hydrogen-bond donors (Lipinski definition) is 0. The zero-order chi connectivity index (χ0) is 11.9. The third-order valence-corrected chi connectivity index (χ3v) is 3.70. The van der Waals surface area contributed by atoms with E-state index in [1.54, 1.807) is 0 Å². The molecule has 0 unspecified atom stereocenters. The molecule has 0 radical (unpaired) electrons. The summed E-state index contributed by atoms with van der Waals surface area (Å²) in [4.78, 5) is 0. The fourth-order valence-electron chi connectivity index (χ4n) is 2.63. The van der Waals surface area contributed by atoms with Crippen molar-refractivity contribution >= 4 is 0 Å². The van der Waals surface area contributed by atoms with E-state index < -0.39 is 0 Å². The number of ether oxygens (including phenoxy) is 1. The van der Waals surface area contributed by atoms with Crippen LogP contribution in [0.15, 0.2) is 24.3 Å². The van der Waals surface area contributed by atoms with Gasteiger partial charge in [0.25, 0.3) is 0 Å². The molecule has 0 spiro atoms. The quantitative estimate of drug-likeness (QED) is 0.655. The minimum absolute atomic E-state index is 0.776. The Morgan fingerprint density at radius 3 is 2.76 bits per heavy atom. The molecule has 17 heavy (non-hydrogen) atoms. The highest BCUT2D eigenvalue weighted by atomic mass is 16.5. The van der Waals surface area contributed by atoms with Crippen molar-refractivity contribution < 1.29 is 4.74 Å². The normalized spacial score (nSPS) is 17.0. The molecule has 0 amide bonds. The molecule has 0 aliphatic heterocycles. The standard InChI is InChI=1S/C16H24O/c1-2-3-12-17-16-11-7-10-15(13-16)14-8-5-4-6-9-14/h7,10-11,13-14H,2-6,8-9,12H2,1H3. The number of benzene rings is 1. The Bertz CT molecular complexity index is 326. The summed E-state index contributed by atoms with van der Waals surface area (Å²) >= 11 is 0. The average Bonchev–Trinajstić information content (AvgIpc) is 2.41. The SMILES string of the molecule is CCCCOc1cccc(C2CCCCC2)c1. The smallest absolute Gasteiger partial charge is 0.119 e. The summed E-state index contributed by atoms with van der Waals surface area (Å²) in [5.41, 5.74) is 1.48. The van der Waals surface area contributed by atoms with E-state index in [4.69, 9.17) is 4.74 Å². The van der Waals surface area contributed by atoms with Gasteiger partial charge in [-0.05, 0) is 42.9 Å². The minimum Gasteiger partial charge on any atom is -0.494 e. The van der Waals surface area contributed by atoms with Crippen LogP contribution >= 0.6 is 0 Å². The van der Waals surface area contributed by atoms with Gasteiger partial charge >= 0.3 is 0 Å². The van der Waals surface area contributed by atoms with Crippen LogP contribution in [-0.4, -0.2) is 6.61 Å². The van der Waals surface area contributed by atoms with Crippen molar-refractivity contribution in [3.8, 4) is 5.75 Å². The van der Waals surface area contributed by atoms with Gasteiger partial charge in [0, 0.05) is 0 Å². The Morgan fingerprint density at radius 2 is 2.00 bits per heavy atom. The van der Waals surface area contributed by atoms with Crippen LogP contribution < -0.4 is 4.74 Å². The molecule has 1 aromatic carbocycles. The van der Waals surface area contributed by atoms with Crippen molar-refractivity contribution in [2.75, 3.05) is 6.61 Å². The first-order valence-corrected chi connectivity index (χ1v) is 7.13. The van der Waals surface area contributed by atoms with Gasteiger partial charge in [-0.15, -0.1) is 0 Å². The van der Waals surface area contributed by atoms with Crippen LogP contribution in [0.3, 0.4) is 0 Å². The van der Waals surface area contributed by atoms with Gasteiger partial charge in [0.05, 0.1) is 6.61 Å². The Hall–Kier alpha value is -0.980. The van der Waals surface area contributed by atoms with Gasteiger partial charge in [-0.25, -0.2) is 0 Å². The van der Waals surface area contributed by atoms with Gasteiger partial charge < -0.3 is 4.74 Å². The highest BCUT2D eigenvalue weighted by Gasteiger charge is 2.15.